The van der Waals surface area contributed by atoms with Gasteiger partial charge < -0.3 is 14.8 Å². The summed E-state index contributed by atoms with van der Waals surface area (Å²) in [6.07, 6.45) is -4.38. The van der Waals surface area contributed by atoms with Crippen molar-refractivity contribution in [2.45, 2.75) is 44.1 Å². The molecule has 0 bridgehead atoms. The van der Waals surface area contributed by atoms with E-state index in [2.05, 4.69) is 14.8 Å². The number of amides is 1. The van der Waals surface area contributed by atoms with Crippen molar-refractivity contribution in [3.05, 3.63) is 59.2 Å². The van der Waals surface area contributed by atoms with E-state index in [1.165, 1.54) is 25.3 Å². The average molecular weight is 475 g/mol. The molecule has 0 saturated heterocycles. The molecule has 0 aliphatic carbocycles. The van der Waals surface area contributed by atoms with Gasteiger partial charge in [0.05, 0.1) is 13.7 Å². The van der Waals surface area contributed by atoms with Crippen LogP contribution in [-0.4, -0.2) is 40.3 Å². The highest BCUT2D eigenvalue weighted by atomic mass is 32.2. The van der Waals surface area contributed by atoms with Crippen LogP contribution in [0.1, 0.15) is 35.3 Å². The molecule has 0 radical (unpaired) electrons. The lowest BCUT2D eigenvalue weighted by Crippen LogP contribution is -2.31. The second-order valence-electron chi connectivity index (χ2n) is 7.25. The first kappa shape index (κ1) is 25.6. The summed E-state index contributed by atoms with van der Waals surface area (Å²) in [5, 5.41) is 2.68. The number of carbonyl (C=O) groups excluding carboxylic acids is 1. The van der Waals surface area contributed by atoms with Crippen molar-refractivity contribution >= 4 is 15.9 Å². The molecular formula is C21H25F3N2O5S. The van der Waals surface area contributed by atoms with Gasteiger partial charge in [0.1, 0.15) is 17.3 Å². The molecule has 0 heterocycles. The van der Waals surface area contributed by atoms with Crippen molar-refractivity contribution in [2.24, 2.45) is 0 Å². The first-order chi connectivity index (χ1) is 14.9. The highest BCUT2D eigenvalue weighted by molar-refractivity contribution is 7.89. The monoisotopic (exact) mass is 474 g/mol. The molecule has 7 nitrogen and oxygen atoms in total. The smallest absolute Gasteiger partial charge is 0.411 e. The van der Waals surface area contributed by atoms with E-state index in [0.29, 0.717) is 11.1 Å². The van der Waals surface area contributed by atoms with E-state index in [1.54, 1.807) is 38.1 Å². The number of carbonyl (C=O) groups is 1. The fraction of sp³-hybridized carbons (Fsp3) is 0.381. The van der Waals surface area contributed by atoms with E-state index >= 15 is 0 Å². The Balaban J connectivity index is 2.03. The Hall–Kier alpha value is -2.63. The van der Waals surface area contributed by atoms with E-state index in [-0.39, 0.29) is 35.4 Å². The number of alkyl halides is 3. The number of hydrogen-bond donors (Lipinski definition) is 2. The Labute approximate surface area is 185 Å². The predicted octanol–water partition coefficient (Wildman–Crippen LogP) is 3.39. The SMILES string of the molecule is COc1ccc(C(=O)NCc2ccc(COCC(F)(F)F)cc2)cc1S(=O)(=O)NC(C)C. The molecule has 11 heteroatoms. The number of methoxy groups -OCH3 is 1. The van der Waals surface area contributed by atoms with Gasteiger partial charge in [0.15, 0.2) is 0 Å². The van der Waals surface area contributed by atoms with E-state index < -0.39 is 28.7 Å². The van der Waals surface area contributed by atoms with Gasteiger partial charge in [-0.2, -0.15) is 13.2 Å². The van der Waals surface area contributed by atoms with Crippen LogP contribution in [0.2, 0.25) is 0 Å². The quantitative estimate of drug-likeness (QED) is 0.551. The van der Waals surface area contributed by atoms with Crippen molar-refractivity contribution in [1.82, 2.24) is 10.0 Å². The third-order valence-corrected chi connectivity index (χ3v) is 5.80. The summed E-state index contributed by atoms with van der Waals surface area (Å²) in [4.78, 5) is 12.4. The van der Waals surface area contributed by atoms with Gasteiger partial charge in [0, 0.05) is 18.2 Å². The average Bonchev–Trinajstić information content (AvgIpc) is 2.70. The fourth-order valence-corrected chi connectivity index (χ4v) is 4.17. The minimum absolute atomic E-state index is 0.109. The molecule has 0 atom stereocenters. The summed E-state index contributed by atoms with van der Waals surface area (Å²) in [6, 6.07) is 10.3. The third-order valence-electron chi connectivity index (χ3n) is 4.12. The minimum atomic E-state index is -4.38. The molecule has 2 rings (SSSR count). The molecule has 176 valence electrons. The van der Waals surface area contributed by atoms with E-state index in [0.717, 1.165) is 0 Å². The summed E-state index contributed by atoms with van der Waals surface area (Å²) in [5.74, 6) is -0.385. The maximum absolute atomic E-state index is 12.5. The summed E-state index contributed by atoms with van der Waals surface area (Å²) in [5.41, 5.74) is 1.40. The highest BCUT2D eigenvalue weighted by Crippen LogP contribution is 2.25. The third kappa shape index (κ3) is 7.81. The van der Waals surface area contributed by atoms with Crippen molar-refractivity contribution in [2.75, 3.05) is 13.7 Å². The van der Waals surface area contributed by atoms with Crippen LogP contribution in [0.5, 0.6) is 5.75 Å². The van der Waals surface area contributed by atoms with Crippen molar-refractivity contribution in [3.63, 3.8) is 0 Å². The van der Waals surface area contributed by atoms with Crippen LogP contribution < -0.4 is 14.8 Å². The topological polar surface area (TPSA) is 93.7 Å². The van der Waals surface area contributed by atoms with Gasteiger partial charge in [-0.1, -0.05) is 24.3 Å². The molecule has 2 aromatic rings. The molecule has 0 aliphatic heterocycles. The Morgan fingerprint density at radius 2 is 1.69 bits per heavy atom. The van der Waals surface area contributed by atoms with Gasteiger partial charge in [-0.15, -0.1) is 0 Å². The maximum Gasteiger partial charge on any atom is 0.411 e. The van der Waals surface area contributed by atoms with Crippen LogP contribution in [0.3, 0.4) is 0 Å². The first-order valence-electron chi connectivity index (χ1n) is 9.62. The zero-order valence-electron chi connectivity index (χ0n) is 17.8. The Morgan fingerprint density at radius 1 is 1.06 bits per heavy atom. The summed E-state index contributed by atoms with van der Waals surface area (Å²) in [7, 11) is -2.55. The molecule has 0 spiro atoms. The van der Waals surface area contributed by atoms with Gasteiger partial charge >= 0.3 is 6.18 Å². The second-order valence-corrected chi connectivity index (χ2v) is 8.93. The van der Waals surface area contributed by atoms with Gasteiger partial charge in [-0.05, 0) is 43.2 Å². The molecule has 0 fully saturated rings. The van der Waals surface area contributed by atoms with Crippen molar-refractivity contribution in [1.29, 1.82) is 0 Å². The summed E-state index contributed by atoms with van der Waals surface area (Å²) in [6.45, 7) is 1.99. The first-order valence-corrected chi connectivity index (χ1v) is 11.1. The molecule has 2 aromatic carbocycles. The molecule has 0 unspecified atom stereocenters. The van der Waals surface area contributed by atoms with Crippen molar-refractivity contribution in [3.8, 4) is 5.75 Å². The molecule has 0 aromatic heterocycles. The molecule has 32 heavy (non-hydrogen) atoms. The molecule has 1 amide bonds. The van der Waals surface area contributed by atoms with Crippen LogP contribution in [0, 0.1) is 0 Å². The van der Waals surface area contributed by atoms with Crippen LogP contribution in [0.25, 0.3) is 0 Å². The lowest BCUT2D eigenvalue weighted by Gasteiger charge is -2.14. The van der Waals surface area contributed by atoms with Crippen LogP contribution >= 0.6 is 0 Å². The van der Waals surface area contributed by atoms with Gasteiger partial charge in [0.25, 0.3) is 5.91 Å². The number of sulfonamides is 1. The lowest BCUT2D eigenvalue weighted by molar-refractivity contribution is -0.176. The number of benzene rings is 2. The highest BCUT2D eigenvalue weighted by Gasteiger charge is 2.27. The standard InChI is InChI=1S/C21H25F3N2O5S/c1-14(2)26-32(28,29)19-10-17(8-9-18(19)30-3)20(27)25-11-15-4-6-16(7-5-15)12-31-13-21(22,23)24/h4-10,14,26H,11-13H2,1-3H3,(H,25,27). The molecule has 0 saturated carbocycles. The van der Waals surface area contributed by atoms with E-state index in [9.17, 15) is 26.4 Å². The number of rotatable bonds is 10. The van der Waals surface area contributed by atoms with Crippen LogP contribution in [0.4, 0.5) is 13.2 Å². The minimum Gasteiger partial charge on any atom is -0.495 e. The maximum atomic E-state index is 12.5. The number of nitrogens with one attached hydrogen (secondary N) is 2. The Morgan fingerprint density at radius 3 is 2.25 bits per heavy atom. The van der Waals surface area contributed by atoms with Crippen LogP contribution in [0.15, 0.2) is 47.4 Å². The Bertz CT molecular complexity index is 1020. The fourth-order valence-electron chi connectivity index (χ4n) is 2.72. The van der Waals surface area contributed by atoms with Gasteiger partial charge in [0.2, 0.25) is 10.0 Å². The summed E-state index contributed by atoms with van der Waals surface area (Å²) < 4.78 is 73.6. The largest absolute Gasteiger partial charge is 0.495 e. The van der Waals surface area contributed by atoms with Gasteiger partial charge in [-0.3, -0.25) is 4.79 Å². The zero-order valence-corrected chi connectivity index (χ0v) is 18.6. The normalized spacial score (nSPS) is 12.1. The van der Waals surface area contributed by atoms with Gasteiger partial charge in [-0.25, -0.2) is 13.1 Å². The lowest BCUT2D eigenvalue weighted by atomic mass is 10.1. The molecular weight excluding hydrogens is 449 g/mol. The number of hydrogen-bond acceptors (Lipinski definition) is 5. The number of halogens is 3. The predicted molar refractivity (Wildman–Crippen MR) is 112 cm³/mol. The Kier molecular flexibility index (Phi) is 8.65. The molecule has 2 N–H and O–H groups in total. The van der Waals surface area contributed by atoms with E-state index in [4.69, 9.17) is 4.74 Å². The molecule has 0 aliphatic rings. The van der Waals surface area contributed by atoms with Crippen LogP contribution in [-0.2, 0) is 27.9 Å². The van der Waals surface area contributed by atoms with E-state index in [1.807, 2.05) is 0 Å². The van der Waals surface area contributed by atoms with Crippen molar-refractivity contribution < 1.29 is 35.9 Å². The second kappa shape index (κ2) is 10.8. The zero-order chi connectivity index (χ0) is 23.9. The summed E-state index contributed by atoms with van der Waals surface area (Å²) >= 11 is 0. The number of ether oxygens (including phenoxy) is 2.